The Kier molecular flexibility index (Phi) is 10.6. The van der Waals surface area contributed by atoms with Crippen molar-refractivity contribution in [2.75, 3.05) is 0 Å². The van der Waals surface area contributed by atoms with Crippen LogP contribution in [-0.4, -0.2) is 6.61 Å². The third-order valence-corrected chi connectivity index (χ3v) is 8.16. The predicted molar refractivity (Wildman–Crippen MR) is 126 cm³/mol. The second-order valence-corrected chi connectivity index (χ2v) is 10.3. The Morgan fingerprint density at radius 2 is 1.29 bits per heavy atom. The quantitative estimate of drug-likeness (QED) is 0.298. The largest absolute Gasteiger partial charge is 0.435 e. The van der Waals surface area contributed by atoms with Crippen LogP contribution in [0.4, 0.5) is 8.78 Å². The minimum atomic E-state index is -2.74. The second-order valence-electron chi connectivity index (χ2n) is 10.3. The lowest BCUT2D eigenvalue weighted by Crippen LogP contribution is -2.26. The van der Waals surface area contributed by atoms with Crippen LogP contribution < -0.4 is 4.74 Å². The zero-order valence-electron chi connectivity index (χ0n) is 19.7. The molecule has 31 heavy (non-hydrogen) atoms. The molecule has 2 aliphatic carbocycles. The van der Waals surface area contributed by atoms with Crippen molar-refractivity contribution in [3.8, 4) is 5.75 Å². The van der Waals surface area contributed by atoms with Gasteiger partial charge >= 0.3 is 6.61 Å². The molecule has 2 aliphatic rings. The van der Waals surface area contributed by atoms with E-state index < -0.39 is 6.61 Å². The maximum Gasteiger partial charge on any atom is 0.387 e. The standard InChI is InChI=1S/C28H44F2O/c1-2-3-4-5-6-7-22-10-16-25(17-11-22)26-18-12-23(13-19-26)8-9-24-14-20-27(21-15-24)31-28(29)30/h14-15,20-23,25-26,28H,2-13,16-19H2,1H3. The van der Waals surface area contributed by atoms with E-state index in [1.165, 1.54) is 102 Å². The second kappa shape index (κ2) is 13.4. The smallest absolute Gasteiger partial charge is 0.387 e. The summed E-state index contributed by atoms with van der Waals surface area (Å²) < 4.78 is 29.0. The van der Waals surface area contributed by atoms with Crippen LogP contribution in [0.25, 0.3) is 0 Å². The van der Waals surface area contributed by atoms with Gasteiger partial charge in [-0.25, -0.2) is 0 Å². The lowest BCUT2D eigenvalue weighted by molar-refractivity contribution is -0.0498. The van der Waals surface area contributed by atoms with E-state index in [4.69, 9.17) is 0 Å². The Morgan fingerprint density at radius 1 is 0.742 bits per heavy atom. The Balaban J connectivity index is 1.28. The van der Waals surface area contributed by atoms with E-state index in [1.54, 1.807) is 12.1 Å². The number of unbranched alkanes of at least 4 members (excludes halogenated alkanes) is 4. The summed E-state index contributed by atoms with van der Waals surface area (Å²) in [4.78, 5) is 0. The van der Waals surface area contributed by atoms with E-state index in [1.807, 2.05) is 12.1 Å². The summed E-state index contributed by atoms with van der Waals surface area (Å²) >= 11 is 0. The Labute approximate surface area is 189 Å². The molecule has 0 aliphatic heterocycles. The first kappa shape index (κ1) is 24.5. The maximum absolute atomic E-state index is 12.3. The van der Waals surface area contributed by atoms with Gasteiger partial charge in [-0.2, -0.15) is 8.78 Å². The van der Waals surface area contributed by atoms with Gasteiger partial charge in [0.15, 0.2) is 0 Å². The predicted octanol–water partition coefficient (Wildman–Crippen LogP) is 9.19. The lowest BCUT2D eigenvalue weighted by atomic mass is 9.68. The third-order valence-electron chi connectivity index (χ3n) is 8.16. The first-order valence-corrected chi connectivity index (χ1v) is 13.2. The number of ether oxygens (including phenoxy) is 1. The zero-order chi connectivity index (χ0) is 21.9. The molecule has 0 aromatic heterocycles. The number of rotatable bonds is 12. The molecule has 0 spiro atoms. The number of alkyl halides is 2. The summed E-state index contributed by atoms with van der Waals surface area (Å²) in [7, 11) is 0. The van der Waals surface area contributed by atoms with Crippen LogP contribution in [0.3, 0.4) is 0 Å². The van der Waals surface area contributed by atoms with Crippen molar-refractivity contribution in [3.63, 3.8) is 0 Å². The van der Waals surface area contributed by atoms with Gasteiger partial charge in [0, 0.05) is 0 Å². The van der Waals surface area contributed by atoms with Crippen LogP contribution in [0.15, 0.2) is 24.3 Å². The third kappa shape index (κ3) is 8.73. The van der Waals surface area contributed by atoms with Crippen molar-refractivity contribution < 1.29 is 13.5 Å². The zero-order valence-corrected chi connectivity index (χ0v) is 19.7. The number of benzene rings is 1. The summed E-state index contributed by atoms with van der Waals surface area (Å²) in [6, 6.07) is 7.21. The average molecular weight is 435 g/mol. The van der Waals surface area contributed by atoms with Crippen molar-refractivity contribution in [2.45, 2.75) is 116 Å². The van der Waals surface area contributed by atoms with Crippen molar-refractivity contribution in [2.24, 2.45) is 23.7 Å². The van der Waals surface area contributed by atoms with E-state index in [-0.39, 0.29) is 5.75 Å². The van der Waals surface area contributed by atoms with Crippen LogP contribution >= 0.6 is 0 Å². The normalized spacial score (nSPS) is 26.8. The van der Waals surface area contributed by atoms with Crippen molar-refractivity contribution in [1.82, 2.24) is 0 Å². The fraction of sp³-hybridized carbons (Fsp3) is 0.786. The summed E-state index contributed by atoms with van der Waals surface area (Å²) in [6.45, 7) is -0.448. The van der Waals surface area contributed by atoms with E-state index in [0.29, 0.717) is 0 Å². The molecule has 2 saturated carbocycles. The van der Waals surface area contributed by atoms with Crippen LogP contribution in [0.2, 0.25) is 0 Å². The van der Waals surface area contributed by atoms with E-state index in [2.05, 4.69) is 11.7 Å². The molecule has 1 nitrogen and oxygen atoms in total. The van der Waals surface area contributed by atoms with Gasteiger partial charge in [0.1, 0.15) is 5.75 Å². The van der Waals surface area contributed by atoms with Gasteiger partial charge in [-0.1, -0.05) is 83.3 Å². The summed E-state index contributed by atoms with van der Waals surface area (Å²) in [5, 5.41) is 0. The van der Waals surface area contributed by atoms with Gasteiger partial charge in [0.2, 0.25) is 0 Å². The molecule has 0 amide bonds. The summed E-state index contributed by atoms with van der Waals surface area (Å²) in [6.07, 6.45) is 22.5. The molecular weight excluding hydrogens is 390 g/mol. The fourth-order valence-corrected chi connectivity index (χ4v) is 6.14. The van der Waals surface area contributed by atoms with Crippen LogP contribution in [-0.2, 0) is 6.42 Å². The van der Waals surface area contributed by atoms with Gasteiger partial charge < -0.3 is 4.74 Å². The Morgan fingerprint density at radius 3 is 1.84 bits per heavy atom. The van der Waals surface area contributed by atoms with Crippen LogP contribution in [0.1, 0.15) is 109 Å². The molecule has 0 heterocycles. The molecule has 2 fully saturated rings. The van der Waals surface area contributed by atoms with Gasteiger partial charge in [0.05, 0.1) is 0 Å². The van der Waals surface area contributed by atoms with Gasteiger partial charge in [0.25, 0.3) is 0 Å². The van der Waals surface area contributed by atoms with E-state index in [9.17, 15) is 8.78 Å². The molecular formula is C28H44F2O. The van der Waals surface area contributed by atoms with Crippen molar-refractivity contribution in [3.05, 3.63) is 29.8 Å². The molecule has 0 atom stereocenters. The monoisotopic (exact) mass is 434 g/mol. The highest BCUT2D eigenvalue weighted by Gasteiger charge is 2.30. The van der Waals surface area contributed by atoms with Gasteiger partial charge in [-0.3, -0.25) is 0 Å². The summed E-state index contributed by atoms with van der Waals surface area (Å²) in [5.74, 6) is 4.09. The van der Waals surface area contributed by atoms with Gasteiger partial charge in [-0.05, 0) is 79.9 Å². The van der Waals surface area contributed by atoms with Crippen LogP contribution in [0, 0.1) is 23.7 Å². The SMILES string of the molecule is CCCCCCCC1CCC(C2CCC(CCc3ccc(OC(F)F)cc3)CC2)CC1. The first-order valence-electron chi connectivity index (χ1n) is 13.2. The lowest BCUT2D eigenvalue weighted by Gasteiger charge is -2.38. The van der Waals surface area contributed by atoms with Crippen molar-refractivity contribution in [1.29, 1.82) is 0 Å². The van der Waals surface area contributed by atoms with E-state index in [0.717, 1.165) is 30.1 Å². The molecule has 0 bridgehead atoms. The van der Waals surface area contributed by atoms with Crippen LogP contribution in [0.5, 0.6) is 5.75 Å². The molecule has 1 aromatic rings. The topological polar surface area (TPSA) is 9.23 Å². The molecule has 176 valence electrons. The molecule has 3 rings (SSSR count). The fourth-order valence-electron chi connectivity index (χ4n) is 6.14. The van der Waals surface area contributed by atoms with E-state index >= 15 is 0 Å². The minimum Gasteiger partial charge on any atom is -0.435 e. The Hall–Kier alpha value is -1.12. The Bertz CT molecular complexity index is 584. The van der Waals surface area contributed by atoms with Crippen molar-refractivity contribution >= 4 is 0 Å². The molecule has 0 N–H and O–H groups in total. The number of hydrogen-bond donors (Lipinski definition) is 0. The molecule has 0 saturated heterocycles. The molecule has 0 unspecified atom stereocenters. The van der Waals surface area contributed by atoms with Gasteiger partial charge in [-0.15, -0.1) is 0 Å². The molecule has 3 heteroatoms. The average Bonchev–Trinajstić information content (AvgIpc) is 2.79. The minimum absolute atomic E-state index is 0.255. The maximum atomic E-state index is 12.3. The molecule has 0 radical (unpaired) electrons. The number of aryl methyl sites for hydroxylation is 1. The number of halogens is 2. The summed E-state index contributed by atoms with van der Waals surface area (Å²) in [5.41, 5.74) is 1.23. The highest BCUT2D eigenvalue weighted by Crippen LogP contribution is 2.43. The highest BCUT2D eigenvalue weighted by molar-refractivity contribution is 5.27. The number of hydrogen-bond acceptors (Lipinski definition) is 1. The first-order chi connectivity index (χ1) is 15.1. The molecule has 1 aromatic carbocycles. The highest BCUT2D eigenvalue weighted by atomic mass is 19.3.